The molecule has 1 aliphatic carbocycles. The van der Waals surface area contributed by atoms with Gasteiger partial charge in [-0.25, -0.2) is 9.97 Å². The lowest BCUT2D eigenvalue weighted by Crippen LogP contribution is -2.05. The SMILES string of the molecule is Cc1cc(N[C@@H]2C[C@H]2C)ncn1. The molecular formula is C9H13N3. The van der Waals surface area contributed by atoms with Gasteiger partial charge in [0.15, 0.2) is 0 Å². The second kappa shape index (κ2) is 2.73. The molecule has 2 atom stereocenters. The second-order valence-electron chi connectivity index (χ2n) is 3.51. The van der Waals surface area contributed by atoms with Crippen molar-refractivity contribution in [3.63, 3.8) is 0 Å². The molecule has 1 saturated carbocycles. The zero-order valence-corrected chi connectivity index (χ0v) is 7.41. The molecule has 12 heavy (non-hydrogen) atoms. The second-order valence-corrected chi connectivity index (χ2v) is 3.51. The summed E-state index contributed by atoms with van der Waals surface area (Å²) >= 11 is 0. The maximum atomic E-state index is 4.13. The van der Waals surface area contributed by atoms with Crippen molar-refractivity contribution in [3.8, 4) is 0 Å². The predicted molar refractivity (Wildman–Crippen MR) is 48.0 cm³/mol. The summed E-state index contributed by atoms with van der Waals surface area (Å²) in [6, 6.07) is 2.62. The van der Waals surface area contributed by atoms with E-state index in [9.17, 15) is 0 Å². The first-order valence-electron chi connectivity index (χ1n) is 4.31. The molecule has 0 bridgehead atoms. The minimum Gasteiger partial charge on any atom is -0.367 e. The van der Waals surface area contributed by atoms with Crippen LogP contribution in [0.25, 0.3) is 0 Å². The summed E-state index contributed by atoms with van der Waals surface area (Å²) in [5.74, 6) is 1.76. The molecule has 1 N–H and O–H groups in total. The quantitative estimate of drug-likeness (QED) is 0.719. The molecule has 0 amide bonds. The molecule has 1 aromatic heterocycles. The van der Waals surface area contributed by atoms with E-state index in [2.05, 4.69) is 22.2 Å². The van der Waals surface area contributed by atoms with E-state index in [1.54, 1.807) is 6.33 Å². The van der Waals surface area contributed by atoms with Gasteiger partial charge in [0.1, 0.15) is 12.1 Å². The number of aryl methyl sites for hydroxylation is 1. The van der Waals surface area contributed by atoms with Gasteiger partial charge in [-0.1, -0.05) is 6.92 Å². The molecule has 1 aliphatic rings. The summed E-state index contributed by atoms with van der Waals surface area (Å²) < 4.78 is 0. The fourth-order valence-electron chi connectivity index (χ4n) is 1.25. The average molecular weight is 163 g/mol. The third-order valence-corrected chi connectivity index (χ3v) is 2.25. The van der Waals surface area contributed by atoms with Crippen LogP contribution in [0.4, 0.5) is 5.82 Å². The molecule has 3 heteroatoms. The Labute approximate surface area is 72.2 Å². The van der Waals surface area contributed by atoms with E-state index < -0.39 is 0 Å². The van der Waals surface area contributed by atoms with Gasteiger partial charge < -0.3 is 5.32 Å². The number of anilines is 1. The number of rotatable bonds is 2. The Morgan fingerprint density at radius 3 is 2.83 bits per heavy atom. The lowest BCUT2D eigenvalue weighted by atomic mass is 10.4. The molecule has 1 heterocycles. The van der Waals surface area contributed by atoms with Crippen LogP contribution in [-0.2, 0) is 0 Å². The van der Waals surface area contributed by atoms with Crippen LogP contribution in [0, 0.1) is 12.8 Å². The number of hydrogen-bond donors (Lipinski definition) is 1. The summed E-state index contributed by atoms with van der Waals surface area (Å²) in [5.41, 5.74) is 1.01. The lowest BCUT2D eigenvalue weighted by molar-refractivity contribution is 0.920. The molecule has 0 unspecified atom stereocenters. The molecule has 1 fully saturated rings. The summed E-state index contributed by atoms with van der Waals surface area (Å²) in [4.78, 5) is 8.17. The zero-order chi connectivity index (χ0) is 8.55. The van der Waals surface area contributed by atoms with E-state index in [1.807, 2.05) is 13.0 Å². The van der Waals surface area contributed by atoms with Crippen molar-refractivity contribution in [1.82, 2.24) is 9.97 Å². The predicted octanol–water partition coefficient (Wildman–Crippen LogP) is 1.61. The van der Waals surface area contributed by atoms with Crippen LogP contribution in [0.5, 0.6) is 0 Å². The molecular weight excluding hydrogens is 150 g/mol. The van der Waals surface area contributed by atoms with Crippen molar-refractivity contribution in [3.05, 3.63) is 18.1 Å². The van der Waals surface area contributed by atoms with Gasteiger partial charge in [0.25, 0.3) is 0 Å². The van der Waals surface area contributed by atoms with E-state index in [0.717, 1.165) is 17.4 Å². The van der Waals surface area contributed by atoms with Gasteiger partial charge >= 0.3 is 0 Å². The third-order valence-electron chi connectivity index (χ3n) is 2.25. The summed E-state index contributed by atoms with van der Waals surface area (Å²) in [6.45, 7) is 4.22. The van der Waals surface area contributed by atoms with Crippen LogP contribution >= 0.6 is 0 Å². The van der Waals surface area contributed by atoms with Crippen LogP contribution in [-0.4, -0.2) is 16.0 Å². The van der Waals surface area contributed by atoms with Crippen LogP contribution in [0.15, 0.2) is 12.4 Å². The molecule has 64 valence electrons. The molecule has 0 radical (unpaired) electrons. The largest absolute Gasteiger partial charge is 0.367 e. The monoisotopic (exact) mass is 163 g/mol. The van der Waals surface area contributed by atoms with Gasteiger partial charge in [0.2, 0.25) is 0 Å². The number of nitrogens with one attached hydrogen (secondary N) is 1. The van der Waals surface area contributed by atoms with Gasteiger partial charge in [-0.05, 0) is 19.3 Å². The zero-order valence-electron chi connectivity index (χ0n) is 7.41. The maximum absolute atomic E-state index is 4.13. The maximum Gasteiger partial charge on any atom is 0.129 e. The van der Waals surface area contributed by atoms with Crippen LogP contribution < -0.4 is 5.32 Å². The van der Waals surface area contributed by atoms with E-state index >= 15 is 0 Å². The molecule has 0 saturated heterocycles. The van der Waals surface area contributed by atoms with Crippen LogP contribution in [0.1, 0.15) is 19.0 Å². The van der Waals surface area contributed by atoms with Gasteiger partial charge in [0.05, 0.1) is 0 Å². The topological polar surface area (TPSA) is 37.8 Å². The van der Waals surface area contributed by atoms with Crippen molar-refractivity contribution < 1.29 is 0 Å². The van der Waals surface area contributed by atoms with Crippen molar-refractivity contribution in [1.29, 1.82) is 0 Å². The number of hydrogen-bond acceptors (Lipinski definition) is 3. The molecule has 0 aliphatic heterocycles. The lowest BCUT2D eigenvalue weighted by Gasteiger charge is -2.02. The van der Waals surface area contributed by atoms with Crippen LogP contribution in [0.2, 0.25) is 0 Å². The van der Waals surface area contributed by atoms with Crippen molar-refractivity contribution in [2.24, 2.45) is 5.92 Å². The number of aromatic nitrogens is 2. The van der Waals surface area contributed by atoms with Gasteiger partial charge in [-0.15, -0.1) is 0 Å². The minimum atomic E-state index is 0.638. The fraction of sp³-hybridized carbons (Fsp3) is 0.556. The first kappa shape index (κ1) is 7.53. The first-order valence-corrected chi connectivity index (χ1v) is 4.31. The highest BCUT2D eigenvalue weighted by Gasteiger charge is 2.32. The van der Waals surface area contributed by atoms with E-state index in [-0.39, 0.29) is 0 Å². The summed E-state index contributed by atoms with van der Waals surface area (Å²) in [5, 5.41) is 3.36. The van der Waals surface area contributed by atoms with Gasteiger partial charge in [-0.2, -0.15) is 0 Å². The van der Waals surface area contributed by atoms with E-state index in [0.29, 0.717) is 6.04 Å². The summed E-state index contributed by atoms with van der Waals surface area (Å²) in [7, 11) is 0. The Bertz CT molecular complexity index is 285. The highest BCUT2D eigenvalue weighted by Crippen LogP contribution is 2.31. The highest BCUT2D eigenvalue weighted by atomic mass is 15.1. The standard InChI is InChI=1S/C9H13N3/c1-6-3-8(6)12-9-4-7(2)10-5-11-9/h4-6,8H,3H2,1-2H3,(H,10,11,12)/t6-,8-/m1/s1. The Morgan fingerprint density at radius 2 is 2.25 bits per heavy atom. The van der Waals surface area contributed by atoms with Crippen molar-refractivity contribution in [2.75, 3.05) is 5.32 Å². The van der Waals surface area contributed by atoms with Crippen molar-refractivity contribution >= 4 is 5.82 Å². The normalized spacial score (nSPS) is 26.8. The molecule has 1 aromatic rings. The molecule has 0 aromatic carbocycles. The van der Waals surface area contributed by atoms with Crippen molar-refractivity contribution in [2.45, 2.75) is 26.3 Å². The minimum absolute atomic E-state index is 0.638. The molecule has 0 spiro atoms. The first-order chi connectivity index (χ1) is 5.75. The Hall–Kier alpha value is -1.12. The summed E-state index contributed by atoms with van der Waals surface area (Å²) in [6.07, 6.45) is 2.87. The van der Waals surface area contributed by atoms with E-state index in [1.165, 1.54) is 6.42 Å². The Balaban J connectivity index is 2.03. The van der Waals surface area contributed by atoms with E-state index in [4.69, 9.17) is 0 Å². The van der Waals surface area contributed by atoms with Gasteiger partial charge in [-0.3, -0.25) is 0 Å². The smallest absolute Gasteiger partial charge is 0.129 e. The third kappa shape index (κ3) is 1.55. The molecule has 3 nitrogen and oxygen atoms in total. The molecule has 2 rings (SSSR count). The van der Waals surface area contributed by atoms with Crippen LogP contribution in [0.3, 0.4) is 0 Å². The Kier molecular flexibility index (Phi) is 1.71. The van der Waals surface area contributed by atoms with Gasteiger partial charge in [0, 0.05) is 17.8 Å². The average Bonchev–Trinajstić information content (AvgIpc) is 2.66. The number of nitrogens with zero attached hydrogens (tertiary/aromatic N) is 2. The Morgan fingerprint density at radius 1 is 1.50 bits per heavy atom. The highest BCUT2D eigenvalue weighted by molar-refractivity contribution is 5.37. The fourth-order valence-corrected chi connectivity index (χ4v) is 1.25.